The zero-order valence-electron chi connectivity index (χ0n) is 24.4. The second-order valence-electron chi connectivity index (χ2n) is 11.2. The molecule has 0 bridgehead atoms. The molecule has 0 aliphatic carbocycles. The third-order valence-corrected chi connectivity index (χ3v) is 12.9. The fourth-order valence-electron chi connectivity index (χ4n) is 5.47. The second-order valence-corrected chi connectivity index (χ2v) is 16.6. The molecule has 0 aromatic carbocycles. The van der Waals surface area contributed by atoms with Gasteiger partial charge in [-0.15, -0.1) is 32.3 Å². The summed E-state index contributed by atoms with van der Waals surface area (Å²) >= 11 is 13.1. The van der Waals surface area contributed by atoms with Crippen LogP contribution in [0, 0.1) is 0 Å². The van der Waals surface area contributed by atoms with Crippen molar-refractivity contribution in [2.45, 2.75) is 160 Å². The molecule has 0 atom stereocenters. The van der Waals surface area contributed by atoms with Crippen molar-refractivity contribution in [3.05, 3.63) is 18.7 Å². The van der Waals surface area contributed by atoms with Crippen LogP contribution in [-0.2, 0) is 12.8 Å². The van der Waals surface area contributed by atoms with Gasteiger partial charge < -0.3 is 0 Å². The average molecular weight is 719 g/mol. The van der Waals surface area contributed by atoms with Crippen LogP contribution in [0.4, 0.5) is 5.69 Å². The van der Waals surface area contributed by atoms with Crippen LogP contribution in [0.5, 0.6) is 0 Å². The van der Waals surface area contributed by atoms with Crippen LogP contribution in [0.3, 0.4) is 0 Å². The number of nitrogens with zero attached hydrogens (tertiary/aromatic N) is 2. The summed E-state index contributed by atoms with van der Waals surface area (Å²) in [5, 5.41) is 4.75. The monoisotopic (exact) mass is 716 g/mol. The van der Waals surface area contributed by atoms with E-state index in [0.29, 0.717) is 0 Å². The van der Waals surface area contributed by atoms with Crippen LogP contribution < -0.4 is 0 Å². The highest BCUT2D eigenvalue weighted by molar-refractivity contribution is 9.11. The molecular formula is C32H50Br2N2S3. The molecule has 0 amide bonds. The molecule has 0 N–H and O–H groups in total. The zero-order chi connectivity index (χ0) is 27.7. The predicted octanol–water partition coefficient (Wildman–Crippen LogP) is 15.0. The number of halogens is 2. The fourth-order valence-corrected chi connectivity index (χ4v) is 10.5. The molecule has 0 unspecified atom stereocenters. The van der Waals surface area contributed by atoms with E-state index in [1.54, 1.807) is 11.9 Å². The Labute approximate surface area is 268 Å². The highest BCUT2D eigenvalue weighted by atomic mass is 79.9. The van der Waals surface area contributed by atoms with E-state index in [9.17, 15) is 0 Å². The van der Waals surface area contributed by atoms with Gasteiger partial charge in [0.15, 0.2) is 0 Å². The van der Waals surface area contributed by atoms with E-state index in [1.807, 2.05) is 22.7 Å². The maximum Gasteiger partial charge on any atom is 0.110 e. The lowest BCUT2D eigenvalue weighted by molar-refractivity contribution is 0.556. The first-order chi connectivity index (χ1) is 19.2. The molecule has 0 saturated carbocycles. The number of hydrogen-bond acceptors (Lipinski definition) is 5. The number of fused-ring (bicyclic) bond motifs is 3. The Bertz CT molecular complexity index is 983. The summed E-state index contributed by atoms with van der Waals surface area (Å²) < 4.78 is 7.16. The number of rotatable bonds is 22. The lowest BCUT2D eigenvalue weighted by Crippen LogP contribution is -1.88. The Balaban J connectivity index is 1.45. The summed E-state index contributed by atoms with van der Waals surface area (Å²) in [6, 6.07) is 0. The molecular weight excluding hydrogens is 668 g/mol. The van der Waals surface area contributed by atoms with Gasteiger partial charge in [0.05, 0.1) is 22.2 Å². The minimum absolute atomic E-state index is 1.10. The molecule has 1 aliphatic rings. The van der Waals surface area contributed by atoms with Crippen molar-refractivity contribution >= 4 is 72.2 Å². The first-order valence-electron chi connectivity index (χ1n) is 15.9. The zero-order valence-corrected chi connectivity index (χ0v) is 30.1. The van der Waals surface area contributed by atoms with E-state index in [0.717, 1.165) is 18.5 Å². The summed E-state index contributed by atoms with van der Waals surface area (Å²) in [7, 11) is 0. The minimum atomic E-state index is 1.10. The van der Waals surface area contributed by atoms with E-state index in [-0.39, 0.29) is 0 Å². The quantitative estimate of drug-likeness (QED) is 0.0879. The van der Waals surface area contributed by atoms with Crippen molar-refractivity contribution in [3.8, 4) is 9.75 Å². The molecule has 0 radical (unpaired) electrons. The molecule has 220 valence electrons. The van der Waals surface area contributed by atoms with Gasteiger partial charge in [-0.05, 0) is 63.1 Å². The number of unbranched alkanes of at least 4 members (excludes halogenated alkanes) is 18. The molecule has 7 heteroatoms. The molecule has 2 aromatic rings. The van der Waals surface area contributed by atoms with Crippen LogP contribution in [0.25, 0.3) is 9.75 Å². The molecule has 2 nitrogen and oxygen atoms in total. The first kappa shape index (κ1) is 33.8. The topological polar surface area (TPSA) is 24.7 Å². The van der Waals surface area contributed by atoms with Gasteiger partial charge in [-0.25, -0.2) is 0 Å². The SMILES string of the molecule is CCCCCCCCCCCCc1c(Br)sc2c1N=NSc1c-2sc(Br)c1CCCCCCCCCCCC. The first-order valence-corrected chi connectivity index (χ1v) is 19.9. The van der Waals surface area contributed by atoms with Gasteiger partial charge in [-0.1, -0.05) is 129 Å². The Hall–Kier alpha value is 0.310. The second kappa shape index (κ2) is 20.3. The Morgan fingerprint density at radius 3 is 1.44 bits per heavy atom. The molecule has 2 aromatic heterocycles. The smallest absolute Gasteiger partial charge is 0.110 e. The summed E-state index contributed by atoms with van der Waals surface area (Å²) in [4.78, 5) is 4.02. The van der Waals surface area contributed by atoms with Gasteiger partial charge in [-0.2, -0.15) is 0 Å². The molecule has 39 heavy (non-hydrogen) atoms. The van der Waals surface area contributed by atoms with Gasteiger partial charge >= 0.3 is 0 Å². The van der Waals surface area contributed by atoms with E-state index < -0.39 is 0 Å². The van der Waals surface area contributed by atoms with Crippen molar-refractivity contribution in [3.63, 3.8) is 0 Å². The standard InChI is InChI=1S/C32H50Br2N2S3/c1-3-5-7-9-11-13-15-17-19-21-23-25-27-29(37-31(25)33)30-28(39-36-35-27)26(32(34)38-30)24-22-20-18-16-14-12-10-8-6-4-2/h3-24H2,1-2H3. The highest BCUT2D eigenvalue weighted by Crippen LogP contribution is 2.56. The molecule has 3 heterocycles. The van der Waals surface area contributed by atoms with Crippen molar-refractivity contribution in [2.24, 2.45) is 9.63 Å². The highest BCUT2D eigenvalue weighted by Gasteiger charge is 2.27. The predicted molar refractivity (Wildman–Crippen MR) is 185 cm³/mol. The normalized spacial score (nSPS) is 12.6. The summed E-state index contributed by atoms with van der Waals surface area (Å²) in [6.07, 6.45) is 29.7. The van der Waals surface area contributed by atoms with Crippen LogP contribution in [0.15, 0.2) is 22.1 Å². The fraction of sp³-hybridized carbons (Fsp3) is 0.750. The Morgan fingerprint density at radius 1 is 0.513 bits per heavy atom. The minimum Gasteiger partial charge on any atom is -0.141 e. The van der Waals surface area contributed by atoms with Gasteiger partial charge in [-0.3, -0.25) is 0 Å². The molecule has 3 rings (SSSR count). The molecule has 0 saturated heterocycles. The molecule has 0 spiro atoms. The summed E-state index contributed by atoms with van der Waals surface area (Å²) in [5.74, 6) is 0. The maximum absolute atomic E-state index is 4.75. The van der Waals surface area contributed by atoms with Crippen LogP contribution in [0.2, 0.25) is 0 Å². The Kier molecular flexibility index (Phi) is 17.6. The van der Waals surface area contributed by atoms with E-state index in [2.05, 4.69) is 50.2 Å². The van der Waals surface area contributed by atoms with Crippen molar-refractivity contribution in [2.75, 3.05) is 0 Å². The lowest BCUT2D eigenvalue weighted by Gasteiger charge is -2.04. The molecule has 0 fully saturated rings. The van der Waals surface area contributed by atoms with E-state index in [1.165, 1.54) is 162 Å². The van der Waals surface area contributed by atoms with Crippen molar-refractivity contribution in [1.82, 2.24) is 0 Å². The van der Waals surface area contributed by atoms with Crippen molar-refractivity contribution < 1.29 is 0 Å². The van der Waals surface area contributed by atoms with Gasteiger partial charge in [0.2, 0.25) is 0 Å². The molecule has 1 aliphatic heterocycles. The van der Waals surface area contributed by atoms with Gasteiger partial charge in [0.25, 0.3) is 0 Å². The van der Waals surface area contributed by atoms with Crippen LogP contribution >= 0.6 is 66.5 Å². The maximum atomic E-state index is 4.75. The van der Waals surface area contributed by atoms with Crippen molar-refractivity contribution in [1.29, 1.82) is 0 Å². The van der Waals surface area contributed by atoms with Gasteiger partial charge in [0.1, 0.15) is 5.69 Å². The largest absolute Gasteiger partial charge is 0.141 e. The van der Waals surface area contributed by atoms with E-state index >= 15 is 0 Å². The lowest BCUT2D eigenvalue weighted by atomic mass is 10.0. The third-order valence-electron chi connectivity index (χ3n) is 7.88. The van der Waals surface area contributed by atoms with Crippen LogP contribution in [0.1, 0.15) is 153 Å². The van der Waals surface area contributed by atoms with Gasteiger partial charge in [0, 0.05) is 17.5 Å². The van der Waals surface area contributed by atoms with Crippen LogP contribution in [-0.4, -0.2) is 0 Å². The number of hydrogen-bond donors (Lipinski definition) is 0. The Morgan fingerprint density at radius 2 is 0.923 bits per heavy atom. The van der Waals surface area contributed by atoms with E-state index in [4.69, 9.17) is 5.11 Å². The summed E-state index contributed by atoms with van der Waals surface area (Å²) in [6.45, 7) is 4.59. The number of thiophene rings is 2. The summed E-state index contributed by atoms with van der Waals surface area (Å²) in [5.41, 5.74) is 3.94. The third kappa shape index (κ3) is 11.5. The average Bonchev–Trinajstić information content (AvgIpc) is 3.35.